The van der Waals surface area contributed by atoms with Crippen LogP contribution in [0.5, 0.6) is 0 Å². The molecule has 0 aliphatic carbocycles. The molecular formula is C16H23N7O. The molecule has 1 saturated heterocycles. The Hall–Kier alpha value is -2.51. The molecule has 8 heteroatoms. The Kier molecular flexibility index (Phi) is 5.02. The largest absolute Gasteiger partial charge is 0.366 e. The summed E-state index contributed by atoms with van der Waals surface area (Å²) in [5.41, 5.74) is 0. The zero-order chi connectivity index (χ0) is 16.9. The van der Waals surface area contributed by atoms with Crippen molar-refractivity contribution in [2.45, 2.75) is 38.8 Å². The Bertz CT molecular complexity index is 636. The molecule has 128 valence electrons. The SMILES string of the molecule is CC(C)[C@H](C(=O)N1CCC(Nc2cccnn2)CC1)n1cncn1. The van der Waals surface area contributed by atoms with Gasteiger partial charge in [0, 0.05) is 25.3 Å². The van der Waals surface area contributed by atoms with Crippen LogP contribution in [0.4, 0.5) is 5.82 Å². The number of anilines is 1. The third-order valence-electron chi connectivity index (χ3n) is 4.34. The van der Waals surface area contributed by atoms with E-state index in [0.29, 0.717) is 6.04 Å². The third kappa shape index (κ3) is 3.69. The maximum Gasteiger partial charge on any atom is 0.247 e. The van der Waals surface area contributed by atoms with Crippen LogP contribution < -0.4 is 5.32 Å². The number of hydrogen-bond donors (Lipinski definition) is 1. The van der Waals surface area contributed by atoms with Gasteiger partial charge in [-0.15, -0.1) is 5.10 Å². The molecule has 0 unspecified atom stereocenters. The van der Waals surface area contributed by atoms with Gasteiger partial charge in [0.1, 0.15) is 24.5 Å². The van der Waals surface area contributed by atoms with Crippen molar-refractivity contribution in [1.29, 1.82) is 0 Å². The van der Waals surface area contributed by atoms with Crippen molar-refractivity contribution in [2.75, 3.05) is 18.4 Å². The van der Waals surface area contributed by atoms with Crippen molar-refractivity contribution < 1.29 is 4.79 Å². The van der Waals surface area contributed by atoms with Gasteiger partial charge in [0.05, 0.1) is 0 Å². The highest BCUT2D eigenvalue weighted by atomic mass is 16.2. The normalized spacial score (nSPS) is 17.0. The first-order valence-electron chi connectivity index (χ1n) is 8.32. The van der Waals surface area contributed by atoms with E-state index in [9.17, 15) is 4.79 Å². The van der Waals surface area contributed by atoms with Gasteiger partial charge in [-0.25, -0.2) is 9.67 Å². The molecule has 2 aromatic rings. The summed E-state index contributed by atoms with van der Waals surface area (Å²) in [4.78, 5) is 18.8. The van der Waals surface area contributed by atoms with Gasteiger partial charge < -0.3 is 10.2 Å². The van der Waals surface area contributed by atoms with Gasteiger partial charge in [-0.3, -0.25) is 4.79 Å². The number of nitrogens with zero attached hydrogens (tertiary/aromatic N) is 6. The number of amides is 1. The van der Waals surface area contributed by atoms with Crippen LogP contribution in [0, 0.1) is 5.92 Å². The first-order valence-corrected chi connectivity index (χ1v) is 8.32. The Morgan fingerprint density at radius 3 is 2.71 bits per heavy atom. The van der Waals surface area contributed by atoms with Gasteiger partial charge in [-0.1, -0.05) is 13.8 Å². The van der Waals surface area contributed by atoms with Crippen LogP contribution >= 0.6 is 0 Å². The molecule has 24 heavy (non-hydrogen) atoms. The summed E-state index contributed by atoms with van der Waals surface area (Å²) in [7, 11) is 0. The van der Waals surface area contributed by atoms with E-state index in [1.165, 1.54) is 6.33 Å². The molecule has 1 amide bonds. The third-order valence-corrected chi connectivity index (χ3v) is 4.34. The monoisotopic (exact) mass is 329 g/mol. The minimum Gasteiger partial charge on any atom is -0.366 e. The average Bonchev–Trinajstić information content (AvgIpc) is 3.10. The van der Waals surface area contributed by atoms with Crippen LogP contribution in [0.3, 0.4) is 0 Å². The number of carbonyl (C=O) groups is 1. The molecule has 0 aromatic carbocycles. The summed E-state index contributed by atoms with van der Waals surface area (Å²) in [5.74, 6) is 1.06. The second kappa shape index (κ2) is 7.37. The number of aromatic nitrogens is 5. The van der Waals surface area contributed by atoms with E-state index < -0.39 is 0 Å². The highest BCUT2D eigenvalue weighted by molar-refractivity contribution is 5.80. The van der Waals surface area contributed by atoms with Crippen molar-refractivity contribution in [3.63, 3.8) is 0 Å². The molecule has 1 N–H and O–H groups in total. The van der Waals surface area contributed by atoms with E-state index in [2.05, 4.69) is 25.6 Å². The lowest BCUT2D eigenvalue weighted by molar-refractivity contribution is -0.137. The first-order chi connectivity index (χ1) is 11.6. The summed E-state index contributed by atoms with van der Waals surface area (Å²) < 4.78 is 1.66. The fourth-order valence-electron chi connectivity index (χ4n) is 3.08. The average molecular weight is 329 g/mol. The Balaban J connectivity index is 1.58. The second-order valence-electron chi connectivity index (χ2n) is 6.42. The predicted octanol–water partition coefficient (Wildman–Crippen LogP) is 1.37. The molecule has 1 fully saturated rings. The Labute approximate surface area is 141 Å². The van der Waals surface area contributed by atoms with E-state index in [1.807, 2.05) is 30.9 Å². The molecule has 3 rings (SSSR count). The number of carbonyl (C=O) groups excluding carboxylic acids is 1. The lowest BCUT2D eigenvalue weighted by atomic mass is 9.99. The molecule has 8 nitrogen and oxygen atoms in total. The smallest absolute Gasteiger partial charge is 0.247 e. The summed E-state index contributed by atoms with van der Waals surface area (Å²) in [6, 6.07) is 3.79. The first kappa shape index (κ1) is 16.4. The van der Waals surface area contributed by atoms with E-state index in [1.54, 1.807) is 17.2 Å². The van der Waals surface area contributed by atoms with E-state index in [4.69, 9.17) is 0 Å². The van der Waals surface area contributed by atoms with Crippen LogP contribution in [0.25, 0.3) is 0 Å². The van der Waals surface area contributed by atoms with Crippen molar-refractivity contribution in [2.24, 2.45) is 5.92 Å². The molecule has 0 bridgehead atoms. The molecule has 0 spiro atoms. The molecule has 0 saturated carbocycles. The van der Waals surface area contributed by atoms with Crippen LogP contribution in [0.15, 0.2) is 31.0 Å². The maximum absolute atomic E-state index is 12.9. The van der Waals surface area contributed by atoms with Gasteiger partial charge >= 0.3 is 0 Å². The van der Waals surface area contributed by atoms with Crippen LogP contribution in [-0.2, 0) is 4.79 Å². The zero-order valence-corrected chi connectivity index (χ0v) is 14.0. The van der Waals surface area contributed by atoms with Gasteiger partial charge in [0.25, 0.3) is 0 Å². The number of likely N-dealkylation sites (tertiary alicyclic amines) is 1. The summed E-state index contributed by atoms with van der Waals surface area (Å²) >= 11 is 0. The quantitative estimate of drug-likeness (QED) is 0.891. The minimum atomic E-state index is -0.294. The Morgan fingerprint density at radius 2 is 2.12 bits per heavy atom. The second-order valence-corrected chi connectivity index (χ2v) is 6.42. The Morgan fingerprint density at radius 1 is 1.33 bits per heavy atom. The van der Waals surface area contributed by atoms with Gasteiger partial charge in [-0.2, -0.15) is 10.2 Å². The number of piperidine rings is 1. The van der Waals surface area contributed by atoms with Crippen molar-refractivity contribution in [1.82, 2.24) is 29.9 Å². The highest BCUT2D eigenvalue weighted by Gasteiger charge is 2.31. The number of nitrogens with one attached hydrogen (secondary N) is 1. The molecule has 1 atom stereocenters. The zero-order valence-electron chi connectivity index (χ0n) is 14.0. The van der Waals surface area contributed by atoms with Crippen molar-refractivity contribution in [3.8, 4) is 0 Å². The van der Waals surface area contributed by atoms with Crippen molar-refractivity contribution >= 4 is 11.7 Å². The van der Waals surface area contributed by atoms with Gasteiger partial charge in [0.2, 0.25) is 5.91 Å². The minimum absolute atomic E-state index is 0.119. The van der Waals surface area contributed by atoms with Gasteiger partial charge in [0.15, 0.2) is 0 Å². The molecule has 1 aliphatic rings. The predicted molar refractivity (Wildman–Crippen MR) is 89.2 cm³/mol. The summed E-state index contributed by atoms with van der Waals surface area (Å²) in [5, 5.41) is 15.5. The number of hydrogen-bond acceptors (Lipinski definition) is 6. The molecular weight excluding hydrogens is 306 g/mol. The lowest BCUT2D eigenvalue weighted by Crippen LogP contribution is -2.46. The fourth-order valence-corrected chi connectivity index (χ4v) is 3.08. The standard InChI is InChI=1S/C16H23N7O/c1-12(2)15(23-11-17-10-19-23)16(24)22-8-5-13(6-9-22)20-14-4-3-7-18-21-14/h3-4,7,10-13,15H,5-6,8-9H2,1-2H3,(H,20,21)/t15-/m1/s1. The lowest BCUT2D eigenvalue weighted by Gasteiger charge is -2.35. The van der Waals surface area contributed by atoms with Crippen LogP contribution in [0.2, 0.25) is 0 Å². The van der Waals surface area contributed by atoms with Gasteiger partial charge in [-0.05, 0) is 30.9 Å². The van der Waals surface area contributed by atoms with Crippen LogP contribution in [0.1, 0.15) is 32.7 Å². The maximum atomic E-state index is 12.9. The van der Waals surface area contributed by atoms with Crippen LogP contribution in [-0.4, -0.2) is 54.9 Å². The fraction of sp³-hybridized carbons (Fsp3) is 0.562. The molecule has 3 heterocycles. The van der Waals surface area contributed by atoms with Crippen molar-refractivity contribution in [3.05, 3.63) is 31.0 Å². The highest BCUT2D eigenvalue weighted by Crippen LogP contribution is 2.22. The van der Waals surface area contributed by atoms with E-state index in [-0.39, 0.29) is 17.9 Å². The molecule has 0 radical (unpaired) electrons. The molecule has 1 aliphatic heterocycles. The topological polar surface area (TPSA) is 88.8 Å². The van der Waals surface area contributed by atoms with E-state index in [0.717, 1.165) is 31.7 Å². The summed E-state index contributed by atoms with van der Waals surface area (Å²) in [6.07, 6.45) is 6.53. The molecule has 2 aromatic heterocycles. The summed E-state index contributed by atoms with van der Waals surface area (Å²) in [6.45, 7) is 5.53. The van der Waals surface area contributed by atoms with E-state index >= 15 is 0 Å². The number of rotatable bonds is 5.